The maximum atomic E-state index is 12.7. The van der Waals surface area contributed by atoms with E-state index in [0.717, 1.165) is 4.90 Å². The highest BCUT2D eigenvalue weighted by Crippen LogP contribution is 2.15. The highest BCUT2D eigenvalue weighted by molar-refractivity contribution is 5.97. The van der Waals surface area contributed by atoms with Crippen LogP contribution in [0, 0.1) is 11.8 Å². The van der Waals surface area contributed by atoms with Gasteiger partial charge in [-0.3, -0.25) is 19.6 Å². The van der Waals surface area contributed by atoms with Gasteiger partial charge in [-0.25, -0.2) is 10.3 Å². The Morgan fingerprint density at radius 2 is 1.64 bits per heavy atom. The minimum atomic E-state index is -1.32. The van der Waals surface area contributed by atoms with Gasteiger partial charge in [0.1, 0.15) is 6.04 Å². The van der Waals surface area contributed by atoms with Crippen molar-refractivity contribution in [2.45, 2.75) is 45.7 Å². The Hall–Kier alpha value is -4.36. The fourth-order valence-corrected chi connectivity index (χ4v) is 3.11. The molecule has 0 aliphatic carbocycles. The van der Waals surface area contributed by atoms with Crippen molar-refractivity contribution in [3.05, 3.63) is 65.2 Å². The molecule has 10 heteroatoms. The lowest BCUT2D eigenvalue weighted by Crippen LogP contribution is -2.57. The summed E-state index contributed by atoms with van der Waals surface area (Å²) in [7, 11) is 0. The van der Waals surface area contributed by atoms with Crippen LogP contribution < -0.4 is 16.1 Å². The molecule has 0 saturated heterocycles. The van der Waals surface area contributed by atoms with Crippen molar-refractivity contribution in [3.8, 4) is 11.8 Å². The first-order chi connectivity index (χ1) is 16.9. The quantitative estimate of drug-likeness (QED) is 0.227. The van der Waals surface area contributed by atoms with Crippen LogP contribution >= 0.6 is 0 Å². The molecule has 0 heterocycles. The Kier molecular flexibility index (Phi) is 9.58. The molecule has 0 spiro atoms. The van der Waals surface area contributed by atoms with Crippen LogP contribution in [0.25, 0.3) is 0 Å². The van der Waals surface area contributed by atoms with Crippen molar-refractivity contribution in [2.24, 2.45) is 0 Å². The monoisotopic (exact) mass is 494 g/mol. The molecular formula is C26H30N4O6. The number of carbonyl (C=O) groups excluding carboxylic acids is 3. The summed E-state index contributed by atoms with van der Waals surface area (Å²) in [6, 6.07) is 12.1. The summed E-state index contributed by atoms with van der Waals surface area (Å²) in [5.41, 5.74) is 2.82. The minimum absolute atomic E-state index is 0.0956. The number of nitrogens with one attached hydrogen (secondary N) is 3. The SMILES string of the molecule is CCC(=O)Nc1cccc(C#Cc2ccc(C(=O)N[C@@H](CN(C(=O)O)C(C)(C)C)C(=O)NO)cc2)c1. The molecule has 0 unspecified atom stereocenters. The normalized spacial score (nSPS) is 11.4. The van der Waals surface area contributed by atoms with Crippen LogP contribution in [0.2, 0.25) is 0 Å². The number of hydroxylamine groups is 1. The highest BCUT2D eigenvalue weighted by atomic mass is 16.5. The Labute approximate surface area is 209 Å². The van der Waals surface area contributed by atoms with Gasteiger partial charge in [-0.1, -0.05) is 24.8 Å². The van der Waals surface area contributed by atoms with E-state index in [4.69, 9.17) is 5.21 Å². The van der Waals surface area contributed by atoms with Crippen molar-refractivity contribution in [1.29, 1.82) is 0 Å². The second-order valence-corrected chi connectivity index (χ2v) is 8.88. The largest absolute Gasteiger partial charge is 0.465 e. The highest BCUT2D eigenvalue weighted by Gasteiger charge is 2.32. The number of benzene rings is 2. The van der Waals surface area contributed by atoms with Gasteiger partial charge in [-0.05, 0) is 63.2 Å². The molecule has 2 aromatic carbocycles. The summed E-state index contributed by atoms with van der Waals surface area (Å²) in [5, 5.41) is 23.8. The smallest absolute Gasteiger partial charge is 0.407 e. The minimum Gasteiger partial charge on any atom is -0.465 e. The first-order valence-electron chi connectivity index (χ1n) is 11.2. The molecule has 0 radical (unpaired) electrons. The van der Waals surface area contributed by atoms with Crippen LogP contribution in [-0.4, -0.2) is 57.2 Å². The first-order valence-corrected chi connectivity index (χ1v) is 11.2. The molecule has 0 saturated carbocycles. The number of carboxylic acid groups (broad SMARTS) is 1. The zero-order chi connectivity index (χ0) is 26.9. The van der Waals surface area contributed by atoms with E-state index in [-0.39, 0.29) is 18.0 Å². The summed E-state index contributed by atoms with van der Waals surface area (Å²) < 4.78 is 0. The summed E-state index contributed by atoms with van der Waals surface area (Å²) in [4.78, 5) is 49.0. The van der Waals surface area contributed by atoms with Crippen LogP contribution in [0.3, 0.4) is 0 Å². The second kappa shape index (κ2) is 12.4. The summed E-state index contributed by atoms with van der Waals surface area (Å²) >= 11 is 0. The average Bonchev–Trinajstić information content (AvgIpc) is 2.84. The van der Waals surface area contributed by atoms with E-state index in [0.29, 0.717) is 23.2 Å². The Morgan fingerprint density at radius 3 is 2.19 bits per heavy atom. The molecule has 2 rings (SSSR count). The summed E-state index contributed by atoms with van der Waals surface area (Å²) in [5.74, 6) is 4.32. The number of rotatable bonds is 7. The van der Waals surface area contributed by atoms with Gasteiger partial charge in [0.2, 0.25) is 5.91 Å². The lowest BCUT2D eigenvalue weighted by Gasteiger charge is -2.35. The Bertz CT molecular complexity index is 1180. The van der Waals surface area contributed by atoms with E-state index >= 15 is 0 Å². The molecule has 4 amide bonds. The Morgan fingerprint density at radius 1 is 1.00 bits per heavy atom. The topological polar surface area (TPSA) is 148 Å². The number of amides is 4. The van der Waals surface area contributed by atoms with Gasteiger partial charge >= 0.3 is 6.09 Å². The van der Waals surface area contributed by atoms with E-state index in [9.17, 15) is 24.3 Å². The standard InChI is InChI=1S/C26H30N4O6/c1-5-22(31)27-20-8-6-7-18(15-20)10-9-17-11-13-19(14-12-17)23(32)28-21(24(33)29-36)16-30(25(34)35)26(2,3)4/h6-8,11-15,21,36H,5,16H2,1-4H3,(H,27,31)(H,28,32)(H,29,33)(H,34,35)/t21-/m0/s1. The molecule has 1 atom stereocenters. The molecule has 0 aliphatic rings. The van der Waals surface area contributed by atoms with E-state index in [1.807, 2.05) is 0 Å². The maximum Gasteiger partial charge on any atom is 0.407 e. The van der Waals surface area contributed by atoms with Gasteiger partial charge in [0.05, 0.1) is 6.54 Å². The van der Waals surface area contributed by atoms with Crippen LogP contribution in [0.1, 0.15) is 55.6 Å². The van der Waals surface area contributed by atoms with Crippen molar-refractivity contribution in [1.82, 2.24) is 15.7 Å². The molecule has 36 heavy (non-hydrogen) atoms. The van der Waals surface area contributed by atoms with Gasteiger partial charge in [0.25, 0.3) is 11.8 Å². The van der Waals surface area contributed by atoms with Gasteiger partial charge in [-0.2, -0.15) is 0 Å². The third-order valence-electron chi connectivity index (χ3n) is 5.10. The number of hydrogen-bond acceptors (Lipinski definition) is 5. The summed E-state index contributed by atoms with van der Waals surface area (Å²) in [6.07, 6.45) is -0.899. The van der Waals surface area contributed by atoms with Gasteiger partial charge in [0, 0.05) is 34.3 Å². The lowest BCUT2D eigenvalue weighted by atomic mass is 10.0. The van der Waals surface area contributed by atoms with Crippen LogP contribution in [-0.2, 0) is 9.59 Å². The predicted octanol–water partition coefficient (Wildman–Crippen LogP) is 2.82. The second-order valence-electron chi connectivity index (χ2n) is 8.88. The number of anilines is 1. The predicted molar refractivity (Wildman–Crippen MR) is 133 cm³/mol. The average molecular weight is 495 g/mol. The molecule has 2 aromatic rings. The molecule has 0 fully saturated rings. The van der Waals surface area contributed by atoms with E-state index in [2.05, 4.69) is 22.5 Å². The molecule has 190 valence electrons. The van der Waals surface area contributed by atoms with Crippen molar-refractivity contribution in [2.75, 3.05) is 11.9 Å². The lowest BCUT2D eigenvalue weighted by molar-refractivity contribution is -0.131. The maximum absolute atomic E-state index is 12.7. The molecule has 0 aromatic heterocycles. The van der Waals surface area contributed by atoms with Gasteiger partial charge < -0.3 is 20.6 Å². The fourth-order valence-electron chi connectivity index (χ4n) is 3.11. The van der Waals surface area contributed by atoms with E-state index in [1.54, 1.807) is 64.1 Å². The molecule has 0 aliphatic heterocycles. The zero-order valence-corrected chi connectivity index (χ0v) is 20.6. The van der Waals surface area contributed by atoms with Crippen molar-refractivity contribution in [3.63, 3.8) is 0 Å². The van der Waals surface area contributed by atoms with Crippen LogP contribution in [0.15, 0.2) is 48.5 Å². The van der Waals surface area contributed by atoms with Crippen LogP contribution in [0.5, 0.6) is 0 Å². The number of nitrogens with zero attached hydrogens (tertiary/aromatic N) is 1. The zero-order valence-electron chi connectivity index (χ0n) is 20.6. The van der Waals surface area contributed by atoms with Crippen molar-refractivity contribution >= 4 is 29.5 Å². The summed E-state index contributed by atoms with van der Waals surface area (Å²) in [6.45, 7) is 6.34. The molecule has 5 N–H and O–H groups in total. The van der Waals surface area contributed by atoms with Crippen LogP contribution in [0.4, 0.5) is 10.5 Å². The Balaban J connectivity index is 2.13. The van der Waals surface area contributed by atoms with Gasteiger partial charge in [-0.15, -0.1) is 0 Å². The van der Waals surface area contributed by atoms with E-state index in [1.165, 1.54) is 17.6 Å². The van der Waals surface area contributed by atoms with Crippen molar-refractivity contribution < 1.29 is 29.5 Å². The number of hydrogen-bond donors (Lipinski definition) is 5. The molecular weight excluding hydrogens is 464 g/mol. The first kappa shape index (κ1) is 27.9. The number of carbonyl (C=O) groups is 4. The molecule has 0 bridgehead atoms. The molecule has 10 nitrogen and oxygen atoms in total. The third kappa shape index (κ3) is 8.14. The van der Waals surface area contributed by atoms with E-state index < -0.39 is 29.5 Å². The fraction of sp³-hybridized carbons (Fsp3) is 0.308. The third-order valence-corrected chi connectivity index (χ3v) is 5.10. The van der Waals surface area contributed by atoms with Gasteiger partial charge in [0.15, 0.2) is 0 Å².